The lowest BCUT2D eigenvalue weighted by Gasteiger charge is -2.28. The highest BCUT2D eigenvalue weighted by Crippen LogP contribution is 2.37. The largest absolute Gasteiger partial charge is 0.481 e. The minimum absolute atomic E-state index is 0.0322. The Labute approximate surface area is 118 Å². The molecule has 1 atom stereocenters. The summed E-state index contributed by atoms with van der Waals surface area (Å²) in [5.41, 5.74) is 0.600. The molecular formula is C14H9ClF3NO. The molecule has 1 aliphatic rings. The second-order valence-electron chi connectivity index (χ2n) is 4.42. The number of nitrogens with one attached hydrogen (secondary N) is 1. The minimum Gasteiger partial charge on any atom is -0.481 e. The van der Waals surface area contributed by atoms with Crippen LogP contribution in [0.2, 0.25) is 5.02 Å². The third kappa shape index (κ3) is 2.29. The number of halogens is 4. The van der Waals surface area contributed by atoms with Gasteiger partial charge in [0, 0.05) is 11.6 Å². The first kappa shape index (κ1) is 13.1. The number of benzene rings is 2. The number of hydrogen-bond donors (Lipinski definition) is 1. The molecule has 1 heterocycles. The summed E-state index contributed by atoms with van der Waals surface area (Å²) in [4.78, 5) is 0. The van der Waals surface area contributed by atoms with Crippen molar-refractivity contribution in [2.75, 3.05) is 11.9 Å². The van der Waals surface area contributed by atoms with Crippen molar-refractivity contribution in [1.82, 2.24) is 0 Å². The van der Waals surface area contributed by atoms with Gasteiger partial charge in [-0.15, -0.1) is 0 Å². The second-order valence-corrected chi connectivity index (χ2v) is 4.82. The van der Waals surface area contributed by atoms with Gasteiger partial charge in [-0.3, -0.25) is 0 Å². The summed E-state index contributed by atoms with van der Waals surface area (Å²) >= 11 is 5.66. The van der Waals surface area contributed by atoms with E-state index in [1.54, 1.807) is 0 Å². The van der Waals surface area contributed by atoms with E-state index in [1.165, 1.54) is 6.07 Å². The monoisotopic (exact) mass is 299 g/mol. The van der Waals surface area contributed by atoms with Crippen molar-refractivity contribution < 1.29 is 17.9 Å². The molecule has 0 spiro atoms. The molecule has 0 saturated heterocycles. The topological polar surface area (TPSA) is 21.3 Å². The highest BCUT2D eigenvalue weighted by molar-refractivity contribution is 6.31. The Morgan fingerprint density at radius 1 is 1.10 bits per heavy atom. The van der Waals surface area contributed by atoms with E-state index in [9.17, 15) is 13.2 Å². The fourth-order valence-electron chi connectivity index (χ4n) is 2.10. The first-order valence-electron chi connectivity index (χ1n) is 5.89. The van der Waals surface area contributed by atoms with E-state index < -0.39 is 23.6 Å². The van der Waals surface area contributed by atoms with E-state index in [1.807, 2.05) is 0 Å². The van der Waals surface area contributed by atoms with E-state index in [2.05, 4.69) is 5.32 Å². The lowest BCUT2D eigenvalue weighted by molar-refractivity contribution is 0.204. The zero-order valence-electron chi connectivity index (χ0n) is 10.1. The number of ether oxygens (including phenoxy) is 1. The van der Waals surface area contributed by atoms with Crippen molar-refractivity contribution in [3.05, 3.63) is 58.4 Å². The molecule has 1 aliphatic heterocycles. The van der Waals surface area contributed by atoms with Crippen molar-refractivity contribution in [2.24, 2.45) is 0 Å². The highest BCUT2D eigenvalue weighted by Gasteiger charge is 2.25. The van der Waals surface area contributed by atoms with Crippen LogP contribution in [-0.4, -0.2) is 6.54 Å². The Kier molecular flexibility index (Phi) is 3.22. The van der Waals surface area contributed by atoms with Crippen LogP contribution in [0.25, 0.3) is 0 Å². The molecule has 20 heavy (non-hydrogen) atoms. The molecule has 2 nitrogen and oxygen atoms in total. The molecule has 0 aromatic heterocycles. The average Bonchev–Trinajstić information content (AvgIpc) is 2.42. The molecule has 0 aliphatic carbocycles. The van der Waals surface area contributed by atoms with E-state index in [-0.39, 0.29) is 22.9 Å². The Morgan fingerprint density at radius 2 is 1.90 bits per heavy atom. The standard InChI is InChI=1S/C14H9ClF3NO/c15-9-4-12-13(5-11(9)18)20-14(6-19-12)8-3-7(16)1-2-10(8)17/h1-5,14,19H,6H2. The summed E-state index contributed by atoms with van der Waals surface area (Å²) in [6, 6.07) is 5.64. The van der Waals surface area contributed by atoms with Crippen LogP contribution in [0.3, 0.4) is 0 Å². The summed E-state index contributed by atoms with van der Waals surface area (Å²) in [7, 11) is 0. The van der Waals surface area contributed by atoms with Gasteiger partial charge < -0.3 is 10.1 Å². The van der Waals surface area contributed by atoms with Gasteiger partial charge in [-0.1, -0.05) is 11.6 Å². The SMILES string of the molecule is Fc1ccc(F)c(C2CNc3cc(Cl)c(F)cc3O2)c1. The number of hydrogen-bond acceptors (Lipinski definition) is 2. The number of rotatable bonds is 1. The average molecular weight is 300 g/mol. The first-order chi connectivity index (χ1) is 9.54. The van der Waals surface area contributed by atoms with E-state index in [0.29, 0.717) is 5.69 Å². The predicted molar refractivity (Wildman–Crippen MR) is 69.6 cm³/mol. The summed E-state index contributed by atoms with van der Waals surface area (Å²) in [5, 5.41) is 2.93. The normalized spacial score (nSPS) is 17.1. The maximum atomic E-state index is 13.7. The smallest absolute Gasteiger partial charge is 0.146 e. The molecule has 6 heteroatoms. The third-order valence-electron chi connectivity index (χ3n) is 3.07. The van der Waals surface area contributed by atoms with Crippen LogP contribution in [0.1, 0.15) is 11.7 Å². The van der Waals surface area contributed by atoms with Crippen LogP contribution in [0.5, 0.6) is 5.75 Å². The van der Waals surface area contributed by atoms with Gasteiger partial charge in [0.25, 0.3) is 0 Å². The van der Waals surface area contributed by atoms with Crippen molar-refractivity contribution in [1.29, 1.82) is 0 Å². The molecule has 0 amide bonds. The molecule has 0 radical (unpaired) electrons. The Bertz CT molecular complexity index is 678. The molecule has 2 aromatic carbocycles. The number of anilines is 1. The molecule has 2 aromatic rings. The molecule has 0 bridgehead atoms. The van der Waals surface area contributed by atoms with Crippen molar-refractivity contribution >= 4 is 17.3 Å². The molecular weight excluding hydrogens is 291 g/mol. The molecule has 3 rings (SSSR count). The summed E-state index contributed by atoms with van der Waals surface area (Å²) in [6.45, 7) is 0.231. The molecule has 0 saturated carbocycles. The fraction of sp³-hybridized carbons (Fsp3) is 0.143. The predicted octanol–water partition coefficient (Wildman–Crippen LogP) is 4.30. The van der Waals surface area contributed by atoms with Gasteiger partial charge in [0.2, 0.25) is 0 Å². The maximum Gasteiger partial charge on any atom is 0.146 e. The Balaban J connectivity index is 1.96. The molecule has 1 N–H and O–H groups in total. The van der Waals surface area contributed by atoms with E-state index >= 15 is 0 Å². The van der Waals surface area contributed by atoms with Crippen molar-refractivity contribution in [2.45, 2.75) is 6.10 Å². The fourth-order valence-corrected chi connectivity index (χ4v) is 2.26. The summed E-state index contributed by atoms with van der Waals surface area (Å²) < 4.78 is 45.8. The third-order valence-corrected chi connectivity index (χ3v) is 3.36. The van der Waals surface area contributed by atoms with Gasteiger partial charge >= 0.3 is 0 Å². The zero-order valence-corrected chi connectivity index (χ0v) is 10.8. The van der Waals surface area contributed by atoms with Gasteiger partial charge in [-0.05, 0) is 24.3 Å². The van der Waals surface area contributed by atoms with Gasteiger partial charge in [-0.2, -0.15) is 0 Å². The zero-order chi connectivity index (χ0) is 14.3. The van der Waals surface area contributed by atoms with Crippen LogP contribution in [-0.2, 0) is 0 Å². The van der Waals surface area contributed by atoms with Crippen molar-refractivity contribution in [3.63, 3.8) is 0 Å². The van der Waals surface area contributed by atoms with Gasteiger partial charge in [-0.25, -0.2) is 13.2 Å². The highest BCUT2D eigenvalue weighted by atomic mass is 35.5. The van der Waals surface area contributed by atoms with E-state index in [0.717, 1.165) is 24.3 Å². The van der Waals surface area contributed by atoms with Gasteiger partial charge in [0.15, 0.2) is 0 Å². The van der Waals surface area contributed by atoms with Crippen molar-refractivity contribution in [3.8, 4) is 5.75 Å². The lowest BCUT2D eigenvalue weighted by Crippen LogP contribution is -2.24. The second kappa shape index (κ2) is 4.90. The van der Waals surface area contributed by atoms with Gasteiger partial charge in [0.1, 0.15) is 29.3 Å². The quantitative estimate of drug-likeness (QED) is 0.847. The van der Waals surface area contributed by atoms with Gasteiger partial charge in [0.05, 0.1) is 17.3 Å². The van der Waals surface area contributed by atoms with Crippen LogP contribution < -0.4 is 10.1 Å². The van der Waals surface area contributed by atoms with Crippen LogP contribution in [0.4, 0.5) is 18.9 Å². The van der Waals surface area contributed by atoms with Crippen LogP contribution >= 0.6 is 11.6 Å². The summed E-state index contributed by atoms with van der Waals surface area (Å²) in [5.74, 6) is -1.55. The maximum absolute atomic E-state index is 13.7. The molecule has 1 unspecified atom stereocenters. The molecule has 0 fully saturated rings. The summed E-state index contributed by atoms with van der Waals surface area (Å²) in [6.07, 6.45) is -0.737. The first-order valence-corrected chi connectivity index (χ1v) is 6.27. The lowest BCUT2D eigenvalue weighted by atomic mass is 10.1. The Morgan fingerprint density at radius 3 is 2.70 bits per heavy atom. The minimum atomic E-state index is -0.737. The Hall–Kier alpha value is -1.88. The van der Waals surface area contributed by atoms with E-state index in [4.69, 9.17) is 16.3 Å². The molecule has 104 valence electrons. The van der Waals surface area contributed by atoms with Crippen LogP contribution in [0.15, 0.2) is 30.3 Å². The number of fused-ring (bicyclic) bond motifs is 1. The van der Waals surface area contributed by atoms with Crippen LogP contribution in [0, 0.1) is 17.5 Å².